The summed E-state index contributed by atoms with van der Waals surface area (Å²) < 4.78 is 0. The summed E-state index contributed by atoms with van der Waals surface area (Å²) in [5.74, 6) is -0.552. The largest absolute Gasteiger partial charge is 0.481 e. The summed E-state index contributed by atoms with van der Waals surface area (Å²) in [5.41, 5.74) is 0. The first-order chi connectivity index (χ1) is 8.66. The summed E-state index contributed by atoms with van der Waals surface area (Å²) in [6.45, 7) is 2.88. The zero-order valence-corrected chi connectivity index (χ0v) is 11.5. The quantitative estimate of drug-likeness (QED) is 0.528. The van der Waals surface area contributed by atoms with Crippen molar-refractivity contribution >= 4 is 11.9 Å². The van der Waals surface area contributed by atoms with Crippen LogP contribution in [0.15, 0.2) is 0 Å². The van der Waals surface area contributed by atoms with Gasteiger partial charge in [0.05, 0.1) is 0 Å². The van der Waals surface area contributed by atoms with E-state index in [9.17, 15) is 9.59 Å². The molecule has 2 N–H and O–H groups in total. The fraction of sp³-hybridized carbons (Fsp3) is 0.857. The molecule has 4 nitrogen and oxygen atoms in total. The Labute approximate surface area is 110 Å². The Kier molecular flexibility index (Phi) is 11.7. The predicted molar refractivity (Wildman–Crippen MR) is 72.5 cm³/mol. The molecule has 0 heterocycles. The van der Waals surface area contributed by atoms with Gasteiger partial charge in [-0.2, -0.15) is 0 Å². The second-order valence-corrected chi connectivity index (χ2v) is 4.72. The Morgan fingerprint density at radius 1 is 0.889 bits per heavy atom. The average Bonchev–Trinajstić information content (AvgIpc) is 2.32. The SMILES string of the molecule is CCCCCC(=O)NCCCCCCCC(=O)O. The van der Waals surface area contributed by atoms with Crippen molar-refractivity contribution in [2.75, 3.05) is 6.54 Å². The van der Waals surface area contributed by atoms with E-state index >= 15 is 0 Å². The molecule has 0 aliphatic carbocycles. The van der Waals surface area contributed by atoms with Gasteiger partial charge in [-0.3, -0.25) is 9.59 Å². The van der Waals surface area contributed by atoms with Gasteiger partial charge < -0.3 is 10.4 Å². The number of hydrogen-bond donors (Lipinski definition) is 2. The molecule has 0 spiro atoms. The molecule has 0 bridgehead atoms. The van der Waals surface area contributed by atoms with E-state index in [2.05, 4.69) is 12.2 Å². The molecule has 0 fully saturated rings. The number of amides is 1. The van der Waals surface area contributed by atoms with Crippen LogP contribution in [0.3, 0.4) is 0 Å². The van der Waals surface area contributed by atoms with E-state index in [4.69, 9.17) is 5.11 Å². The lowest BCUT2D eigenvalue weighted by molar-refractivity contribution is -0.137. The fourth-order valence-electron chi connectivity index (χ4n) is 1.78. The lowest BCUT2D eigenvalue weighted by atomic mass is 10.1. The van der Waals surface area contributed by atoms with Crippen LogP contribution in [0.5, 0.6) is 0 Å². The summed E-state index contributed by atoms with van der Waals surface area (Å²) in [5, 5.41) is 11.4. The molecule has 18 heavy (non-hydrogen) atoms. The first-order valence-electron chi connectivity index (χ1n) is 7.15. The van der Waals surface area contributed by atoms with E-state index in [0.717, 1.165) is 57.9 Å². The monoisotopic (exact) mass is 257 g/mol. The summed E-state index contributed by atoms with van der Waals surface area (Å²) in [6, 6.07) is 0. The van der Waals surface area contributed by atoms with Gasteiger partial charge in [0.2, 0.25) is 5.91 Å². The maximum atomic E-state index is 11.4. The van der Waals surface area contributed by atoms with Gasteiger partial charge in [-0.15, -0.1) is 0 Å². The van der Waals surface area contributed by atoms with Crippen molar-refractivity contribution in [1.82, 2.24) is 5.32 Å². The van der Waals surface area contributed by atoms with E-state index in [-0.39, 0.29) is 12.3 Å². The van der Waals surface area contributed by atoms with E-state index in [1.165, 1.54) is 0 Å². The molecule has 0 radical (unpaired) electrons. The second-order valence-electron chi connectivity index (χ2n) is 4.72. The van der Waals surface area contributed by atoms with Crippen LogP contribution in [0.4, 0.5) is 0 Å². The van der Waals surface area contributed by atoms with Crippen molar-refractivity contribution in [3.8, 4) is 0 Å². The van der Waals surface area contributed by atoms with Crippen LogP contribution in [0.1, 0.15) is 71.1 Å². The summed E-state index contributed by atoms with van der Waals surface area (Å²) in [4.78, 5) is 21.6. The molecule has 4 heteroatoms. The van der Waals surface area contributed by atoms with Crippen LogP contribution in [-0.2, 0) is 9.59 Å². The van der Waals surface area contributed by atoms with E-state index in [1.54, 1.807) is 0 Å². The van der Waals surface area contributed by atoms with E-state index < -0.39 is 5.97 Å². The van der Waals surface area contributed by atoms with Gasteiger partial charge in [-0.1, -0.05) is 39.0 Å². The number of nitrogens with one attached hydrogen (secondary N) is 1. The van der Waals surface area contributed by atoms with Gasteiger partial charge in [0.15, 0.2) is 0 Å². The van der Waals surface area contributed by atoms with Crippen molar-refractivity contribution in [1.29, 1.82) is 0 Å². The number of unbranched alkanes of at least 4 members (excludes halogenated alkanes) is 6. The van der Waals surface area contributed by atoms with Crippen LogP contribution < -0.4 is 5.32 Å². The zero-order chi connectivity index (χ0) is 13.6. The van der Waals surface area contributed by atoms with Crippen LogP contribution in [0, 0.1) is 0 Å². The fourth-order valence-corrected chi connectivity index (χ4v) is 1.78. The minimum atomic E-state index is -0.714. The molecule has 0 atom stereocenters. The molecule has 0 aromatic heterocycles. The van der Waals surface area contributed by atoms with Gasteiger partial charge in [0, 0.05) is 19.4 Å². The third-order valence-corrected chi connectivity index (χ3v) is 2.90. The summed E-state index contributed by atoms with van der Waals surface area (Å²) in [7, 11) is 0. The molecule has 0 unspecified atom stereocenters. The number of carbonyl (C=O) groups is 2. The standard InChI is InChI=1S/C14H27NO3/c1-2-3-7-10-13(16)15-12-9-6-4-5-8-11-14(17)18/h2-12H2,1H3,(H,15,16)(H,17,18). The van der Waals surface area contributed by atoms with Crippen LogP contribution in [0.2, 0.25) is 0 Å². The van der Waals surface area contributed by atoms with Crippen LogP contribution >= 0.6 is 0 Å². The highest BCUT2D eigenvalue weighted by Crippen LogP contribution is 2.05. The number of carboxylic acids is 1. The third-order valence-electron chi connectivity index (χ3n) is 2.90. The zero-order valence-electron chi connectivity index (χ0n) is 11.5. The first kappa shape index (κ1) is 16.9. The normalized spacial score (nSPS) is 10.3. The van der Waals surface area contributed by atoms with Gasteiger partial charge in [-0.05, 0) is 19.3 Å². The maximum Gasteiger partial charge on any atom is 0.303 e. The van der Waals surface area contributed by atoms with E-state index in [0.29, 0.717) is 6.42 Å². The molecule has 0 aromatic carbocycles. The molecule has 1 amide bonds. The molecule has 0 aromatic rings. The van der Waals surface area contributed by atoms with Crippen molar-refractivity contribution in [2.24, 2.45) is 0 Å². The number of carbonyl (C=O) groups excluding carboxylic acids is 1. The Hall–Kier alpha value is -1.06. The molecule has 0 saturated heterocycles. The number of rotatable bonds is 12. The van der Waals surface area contributed by atoms with Gasteiger partial charge in [0.25, 0.3) is 0 Å². The molecular weight excluding hydrogens is 230 g/mol. The Bertz CT molecular complexity index is 229. The topological polar surface area (TPSA) is 66.4 Å². The molecule has 0 aliphatic rings. The lowest BCUT2D eigenvalue weighted by Crippen LogP contribution is -2.23. The van der Waals surface area contributed by atoms with Crippen LogP contribution in [0.25, 0.3) is 0 Å². The highest BCUT2D eigenvalue weighted by Gasteiger charge is 2.00. The first-order valence-corrected chi connectivity index (χ1v) is 7.15. The molecule has 0 rings (SSSR count). The van der Waals surface area contributed by atoms with Gasteiger partial charge in [-0.25, -0.2) is 0 Å². The Balaban J connectivity index is 3.15. The van der Waals surface area contributed by atoms with Crippen molar-refractivity contribution in [3.05, 3.63) is 0 Å². The van der Waals surface area contributed by atoms with Crippen molar-refractivity contribution < 1.29 is 14.7 Å². The predicted octanol–water partition coefficient (Wildman–Crippen LogP) is 3.11. The van der Waals surface area contributed by atoms with Gasteiger partial charge in [0.1, 0.15) is 0 Å². The number of carboxylic acid groups (broad SMARTS) is 1. The van der Waals surface area contributed by atoms with Gasteiger partial charge >= 0.3 is 5.97 Å². The van der Waals surface area contributed by atoms with Crippen LogP contribution in [-0.4, -0.2) is 23.5 Å². The average molecular weight is 257 g/mol. The second kappa shape index (κ2) is 12.4. The highest BCUT2D eigenvalue weighted by atomic mass is 16.4. The minimum Gasteiger partial charge on any atom is -0.481 e. The minimum absolute atomic E-state index is 0.161. The van der Waals surface area contributed by atoms with Crippen molar-refractivity contribution in [3.63, 3.8) is 0 Å². The van der Waals surface area contributed by atoms with Crippen molar-refractivity contribution in [2.45, 2.75) is 71.1 Å². The number of aliphatic carboxylic acids is 1. The molecule has 0 saturated carbocycles. The molecule has 0 aliphatic heterocycles. The molecular formula is C14H27NO3. The smallest absolute Gasteiger partial charge is 0.303 e. The maximum absolute atomic E-state index is 11.4. The third kappa shape index (κ3) is 13.0. The number of hydrogen-bond acceptors (Lipinski definition) is 2. The lowest BCUT2D eigenvalue weighted by Gasteiger charge is -2.04. The Morgan fingerprint density at radius 3 is 2.17 bits per heavy atom. The van der Waals surface area contributed by atoms with E-state index in [1.807, 2.05) is 0 Å². The summed E-state index contributed by atoms with van der Waals surface area (Å²) >= 11 is 0. The Morgan fingerprint density at radius 2 is 1.50 bits per heavy atom. The molecule has 106 valence electrons. The highest BCUT2D eigenvalue weighted by molar-refractivity contribution is 5.75. The summed E-state index contributed by atoms with van der Waals surface area (Å²) in [6.07, 6.45) is 9.01.